The third-order valence-electron chi connectivity index (χ3n) is 6.80. The molecular formula is C22H28Cl2N4O. The number of nitrogens with zero attached hydrogens (tertiary/aromatic N) is 4. The van der Waals surface area contributed by atoms with Gasteiger partial charge in [0.2, 0.25) is 5.95 Å². The van der Waals surface area contributed by atoms with Crippen molar-refractivity contribution in [3.05, 3.63) is 49.9 Å². The van der Waals surface area contributed by atoms with E-state index in [1.807, 2.05) is 26.0 Å². The van der Waals surface area contributed by atoms with E-state index in [0.717, 1.165) is 17.8 Å². The second-order valence-electron chi connectivity index (χ2n) is 8.62. The highest BCUT2D eigenvalue weighted by Crippen LogP contribution is 2.37. The lowest BCUT2D eigenvalue weighted by molar-refractivity contribution is 0.0491. The summed E-state index contributed by atoms with van der Waals surface area (Å²) < 4.78 is 1.80. The number of benzene rings is 1. The molecule has 1 aliphatic carbocycles. The van der Waals surface area contributed by atoms with Crippen LogP contribution in [0.4, 0.5) is 11.6 Å². The van der Waals surface area contributed by atoms with E-state index in [1.165, 1.54) is 12.8 Å². The smallest absolute Gasteiger partial charge is 0.259 e. The fraction of sp³-hybridized carbons (Fsp3) is 0.545. The number of hydrogen-bond donors (Lipinski definition) is 0. The minimum absolute atomic E-state index is 0.0202. The zero-order chi connectivity index (χ0) is 20.9. The van der Waals surface area contributed by atoms with Crippen LogP contribution in [-0.4, -0.2) is 27.2 Å². The van der Waals surface area contributed by atoms with Gasteiger partial charge in [-0.25, -0.2) is 4.98 Å². The van der Waals surface area contributed by atoms with Crippen LogP contribution in [0.5, 0.6) is 0 Å². The Hall–Kier alpha value is -1.56. The molecule has 29 heavy (non-hydrogen) atoms. The quantitative estimate of drug-likeness (QED) is 0.637. The number of aromatic nitrogens is 2. The summed E-state index contributed by atoms with van der Waals surface area (Å²) in [6, 6.07) is 5.92. The van der Waals surface area contributed by atoms with Crippen LogP contribution >= 0.6 is 23.2 Å². The molecule has 0 bridgehead atoms. The van der Waals surface area contributed by atoms with Crippen LogP contribution in [0.25, 0.3) is 0 Å². The highest BCUT2D eigenvalue weighted by Gasteiger charge is 2.36. The van der Waals surface area contributed by atoms with Gasteiger partial charge >= 0.3 is 0 Å². The van der Waals surface area contributed by atoms with Gasteiger partial charge in [0.15, 0.2) is 0 Å². The highest BCUT2D eigenvalue weighted by atomic mass is 35.5. The van der Waals surface area contributed by atoms with Gasteiger partial charge < -0.3 is 0 Å². The molecule has 156 valence electrons. The standard InChI is InChI=1S/C22H28Cl2N4O/c1-13-6-5-7-20(14(13)2)26-11-27(19-9-17(23)8-18(24)10-19)22-25-16(4)15(3)21(29)28(22)12-26/h8-10,13-14,20H,5-7,11-12H2,1-4H3. The lowest BCUT2D eigenvalue weighted by atomic mass is 9.77. The van der Waals surface area contributed by atoms with E-state index < -0.39 is 0 Å². The Morgan fingerprint density at radius 1 is 1.03 bits per heavy atom. The molecular weight excluding hydrogens is 407 g/mol. The van der Waals surface area contributed by atoms with Crippen molar-refractivity contribution in [3.8, 4) is 0 Å². The predicted octanol–water partition coefficient (Wildman–Crippen LogP) is 5.36. The predicted molar refractivity (Wildman–Crippen MR) is 119 cm³/mol. The molecule has 0 spiro atoms. The molecule has 4 rings (SSSR count). The minimum atomic E-state index is 0.0202. The molecule has 1 aromatic carbocycles. The van der Waals surface area contributed by atoms with Crippen molar-refractivity contribution in [3.63, 3.8) is 0 Å². The summed E-state index contributed by atoms with van der Waals surface area (Å²) in [5.74, 6) is 1.91. The van der Waals surface area contributed by atoms with Crippen molar-refractivity contribution in [1.82, 2.24) is 14.5 Å². The number of rotatable bonds is 2. The second kappa shape index (κ2) is 7.93. The molecule has 2 aliphatic rings. The fourth-order valence-corrected chi connectivity index (χ4v) is 5.23. The number of aryl methyl sites for hydroxylation is 1. The molecule has 3 unspecified atom stereocenters. The number of anilines is 2. The zero-order valence-electron chi connectivity index (χ0n) is 17.5. The van der Waals surface area contributed by atoms with E-state index in [-0.39, 0.29) is 5.56 Å². The van der Waals surface area contributed by atoms with Crippen molar-refractivity contribution in [2.75, 3.05) is 11.6 Å². The van der Waals surface area contributed by atoms with Gasteiger partial charge in [0, 0.05) is 33.0 Å². The SMILES string of the molecule is Cc1nc2n(c(=O)c1C)CN(C1CCCC(C)C1C)CN2c1cc(Cl)cc(Cl)c1. The summed E-state index contributed by atoms with van der Waals surface area (Å²) in [7, 11) is 0. The van der Waals surface area contributed by atoms with E-state index in [4.69, 9.17) is 28.2 Å². The average Bonchev–Trinajstić information content (AvgIpc) is 2.67. The van der Waals surface area contributed by atoms with E-state index >= 15 is 0 Å². The molecule has 0 saturated heterocycles. The molecule has 1 aromatic heterocycles. The third kappa shape index (κ3) is 3.80. The first-order valence-corrected chi connectivity index (χ1v) is 11.1. The van der Waals surface area contributed by atoms with Gasteiger partial charge in [0.05, 0.1) is 13.3 Å². The Labute approximate surface area is 182 Å². The first-order valence-electron chi connectivity index (χ1n) is 10.3. The Morgan fingerprint density at radius 2 is 1.72 bits per heavy atom. The average molecular weight is 435 g/mol. The van der Waals surface area contributed by atoms with E-state index in [1.54, 1.807) is 10.6 Å². The monoisotopic (exact) mass is 434 g/mol. The van der Waals surface area contributed by atoms with Crippen LogP contribution in [0.3, 0.4) is 0 Å². The number of hydrogen-bond acceptors (Lipinski definition) is 4. The van der Waals surface area contributed by atoms with Gasteiger partial charge in [-0.1, -0.05) is 49.9 Å². The van der Waals surface area contributed by atoms with Crippen molar-refractivity contribution >= 4 is 34.8 Å². The molecule has 1 saturated carbocycles. The third-order valence-corrected chi connectivity index (χ3v) is 7.23. The van der Waals surface area contributed by atoms with Crippen molar-refractivity contribution in [1.29, 1.82) is 0 Å². The summed E-state index contributed by atoms with van der Waals surface area (Å²) in [5, 5.41) is 1.14. The Balaban J connectivity index is 1.83. The summed E-state index contributed by atoms with van der Waals surface area (Å²) >= 11 is 12.6. The van der Waals surface area contributed by atoms with Gasteiger partial charge in [-0.05, 0) is 50.3 Å². The van der Waals surface area contributed by atoms with Gasteiger partial charge in [-0.3, -0.25) is 19.2 Å². The Kier molecular flexibility index (Phi) is 5.66. The molecule has 2 aromatic rings. The van der Waals surface area contributed by atoms with Crippen LogP contribution in [0.1, 0.15) is 44.4 Å². The fourth-order valence-electron chi connectivity index (χ4n) is 4.72. The van der Waals surface area contributed by atoms with Crippen molar-refractivity contribution in [2.24, 2.45) is 11.8 Å². The number of halogens is 2. The lowest BCUT2D eigenvalue weighted by Crippen LogP contribution is -2.54. The summed E-state index contributed by atoms with van der Waals surface area (Å²) in [5.41, 5.74) is 2.33. The van der Waals surface area contributed by atoms with Gasteiger partial charge in [-0.2, -0.15) is 0 Å². The van der Waals surface area contributed by atoms with E-state index in [2.05, 4.69) is 23.6 Å². The van der Waals surface area contributed by atoms with Crippen LogP contribution in [-0.2, 0) is 6.67 Å². The molecule has 7 heteroatoms. The molecule has 3 atom stereocenters. The van der Waals surface area contributed by atoms with Crippen molar-refractivity contribution < 1.29 is 0 Å². The second-order valence-corrected chi connectivity index (χ2v) is 9.49. The largest absolute Gasteiger partial charge is 0.298 e. The Morgan fingerprint density at radius 3 is 2.41 bits per heavy atom. The molecule has 0 amide bonds. The maximum Gasteiger partial charge on any atom is 0.259 e. The maximum atomic E-state index is 13.1. The first-order chi connectivity index (χ1) is 13.8. The molecule has 1 aliphatic heterocycles. The zero-order valence-corrected chi connectivity index (χ0v) is 19.0. The molecule has 5 nitrogen and oxygen atoms in total. The normalized spacial score (nSPS) is 25.2. The molecule has 0 radical (unpaired) electrons. The van der Waals surface area contributed by atoms with E-state index in [9.17, 15) is 4.79 Å². The van der Waals surface area contributed by atoms with Gasteiger partial charge in [0.1, 0.15) is 0 Å². The minimum Gasteiger partial charge on any atom is -0.298 e. The van der Waals surface area contributed by atoms with Crippen LogP contribution in [0, 0.1) is 25.7 Å². The topological polar surface area (TPSA) is 41.4 Å². The highest BCUT2D eigenvalue weighted by molar-refractivity contribution is 6.35. The van der Waals surface area contributed by atoms with Crippen LogP contribution < -0.4 is 10.5 Å². The molecule has 0 N–H and O–H groups in total. The summed E-state index contributed by atoms with van der Waals surface area (Å²) in [6.07, 6.45) is 3.65. The van der Waals surface area contributed by atoms with Crippen molar-refractivity contribution in [2.45, 2.75) is 59.7 Å². The Bertz CT molecular complexity index is 969. The van der Waals surface area contributed by atoms with E-state index in [0.29, 0.717) is 52.8 Å². The van der Waals surface area contributed by atoms with Crippen LogP contribution in [0.2, 0.25) is 10.0 Å². The summed E-state index contributed by atoms with van der Waals surface area (Å²) in [6.45, 7) is 9.64. The maximum absolute atomic E-state index is 13.1. The molecule has 2 heterocycles. The first kappa shape index (κ1) is 20.7. The summed E-state index contributed by atoms with van der Waals surface area (Å²) in [4.78, 5) is 22.4. The van der Waals surface area contributed by atoms with Crippen LogP contribution in [0.15, 0.2) is 23.0 Å². The molecule has 1 fully saturated rings. The lowest BCUT2D eigenvalue weighted by Gasteiger charge is -2.46. The van der Waals surface area contributed by atoms with Gasteiger partial charge in [0.25, 0.3) is 5.56 Å². The number of fused-ring (bicyclic) bond motifs is 1. The van der Waals surface area contributed by atoms with Gasteiger partial charge in [-0.15, -0.1) is 0 Å².